The Kier molecular flexibility index (Phi) is 4.50. The molecule has 17 heavy (non-hydrogen) atoms. The molecule has 0 saturated heterocycles. The first-order chi connectivity index (χ1) is 7.91. The third-order valence-electron chi connectivity index (χ3n) is 2.35. The summed E-state index contributed by atoms with van der Waals surface area (Å²) in [6.07, 6.45) is 0. The SMILES string of the molecule is CC(CO)(CO)Nc1cc(Br)ccc1C(=O)O. The summed E-state index contributed by atoms with van der Waals surface area (Å²) in [4.78, 5) is 11.0. The van der Waals surface area contributed by atoms with Crippen LogP contribution in [0, 0.1) is 0 Å². The van der Waals surface area contributed by atoms with Crippen LogP contribution >= 0.6 is 15.9 Å². The molecule has 0 fully saturated rings. The zero-order valence-corrected chi connectivity index (χ0v) is 10.9. The van der Waals surface area contributed by atoms with Crippen LogP contribution in [0.4, 0.5) is 5.69 Å². The van der Waals surface area contributed by atoms with Crippen LogP contribution in [0.3, 0.4) is 0 Å². The van der Waals surface area contributed by atoms with E-state index in [1.54, 1.807) is 19.1 Å². The van der Waals surface area contributed by atoms with Crippen molar-refractivity contribution in [3.63, 3.8) is 0 Å². The van der Waals surface area contributed by atoms with E-state index in [-0.39, 0.29) is 18.8 Å². The second kappa shape index (κ2) is 5.48. The number of benzene rings is 1. The smallest absolute Gasteiger partial charge is 0.337 e. The molecule has 0 heterocycles. The number of hydrogen-bond acceptors (Lipinski definition) is 4. The third-order valence-corrected chi connectivity index (χ3v) is 2.84. The van der Waals surface area contributed by atoms with Crippen molar-refractivity contribution in [2.75, 3.05) is 18.5 Å². The summed E-state index contributed by atoms with van der Waals surface area (Å²) in [7, 11) is 0. The number of carbonyl (C=O) groups is 1. The largest absolute Gasteiger partial charge is 0.478 e. The molecule has 0 amide bonds. The zero-order valence-electron chi connectivity index (χ0n) is 9.27. The van der Waals surface area contributed by atoms with E-state index in [0.29, 0.717) is 10.2 Å². The molecule has 1 rings (SSSR count). The third kappa shape index (κ3) is 3.42. The molecular weight excluding hydrogens is 290 g/mol. The Bertz CT molecular complexity index is 418. The number of aliphatic hydroxyl groups excluding tert-OH is 2. The zero-order chi connectivity index (χ0) is 13.1. The summed E-state index contributed by atoms with van der Waals surface area (Å²) in [5, 5.41) is 30.2. The number of nitrogens with one attached hydrogen (secondary N) is 1. The van der Waals surface area contributed by atoms with Crippen LogP contribution < -0.4 is 5.32 Å². The lowest BCUT2D eigenvalue weighted by molar-refractivity contribution is 0.0697. The molecule has 0 aliphatic heterocycles. The van der Waals surface area contributed by atoms with Gasteiger partial charge >= 0.3 is 5.97 Å². The normalized spacial score (nSPS) is 11.3. The lowest BCUT2D eigenvalue weighted by Crippen LogP contribution is -2.42. The highest BCUT2D eigenvalue weighted by molar-refractivity contribution is 9.10. The Labute approximate surface area is 107 Å². The minimum absolute atomic E-state index is 0.0846. The van der Waals surface area contributed by atoms with Crippen molar-refractivity contribution in [2.45, 2.75) is 12.5 Å². The van der Waals surface area contributed by atoms with Crippen molar-refractivity contribution in [1.82, 2.24) is 0 Å². The van der Waals surface area contributed by atoms with Gasteiger partial charge in [0.2, 0.25) is 0 Å². The van der Waals surface area contributed by atoms with Crippen molar-refractivity contribution in [3.8, 4) is 0 Å². The number of carboxylic acid groups (broad SMARTS) is 1. The molecule has 1 aromatic rings. The van der Waals surface area contributed by atoms with E-state index in [1.807, 2.05) is 0 Å². The molecule has 0 bridgehead atoms. The topological polar surface area (TPSA) is 89.8 Å². The molecule has 0 radical (unpaired) electrons. The fourth-order valence-electron chi connectivity index (χ4n) is 1.26. The second-order valence-electron chi connectivity index (χ2n) is 4.00. The van der Waals surface area contributed by atoms with E-state index in [9.17, 15) is 4.79 Å². The summed E-state index contributed by atoms with van der Waals surface area (Å²) >= 11 is 3.24. The minimum atomic E-state index is -1.07. The quantitative estimate of drug-likeness (QED) is 0.658. The predicted octanol–water partition coefficient (Wildman–Crippen LogP) is 1.30. The molecule has 0 atom stereocenters. The van der Waals surface area contributed by atoms with Gasteiger partial charge in [-0.2, -0.15) is 0 Å². The number of aromatic carboxylic acids is 1. The lowest BCUT2D eigenvalue weighted by Gasteiger charge is -2.28. The number of carboxylic acids is 1. The molecule has 4 N–H and O–H groups in total. The Balaban J connectivity index is 3.12. The Morgan fingerprint density at radius 2 is 2.00 bits per heavy atom. The summed E-state index contributed by atoms with van der Waals surface area (Å²) < 4.78 is 0.711. The van der Waals surface area contributed by atoms with E-state index in [1.165, 1.54) is 6.07 Å². The number of anilines is 1. The van der Waals surface area contributed by atoms with Crippen LogP contribution in [0.5, 0.6) is 0 Å². The van der Waals surface area contributed by atoms with Crippen LogP contribution in [0.25, 0.3) is 0 Å². The van der Waals surface area contributed by atoms with Crippen molar-refractivity contribution < 1.29 is 20.1 Å². The van der Waals surface area contributed by atoms with Gasteiger partial charge in [0.25, 0.3) is 0 Å². The Morgan fingerprint density at radius 3 is 2.47 bits per heavy atom. The molecule has 6 heteroatoms. The van der Waals surface area contributed by atoms with E-state index in [2.05, 4.69) is 21.2 Å². The van der Waals surface area contributed by atoms with Gasteiger partial charge in [0.15, 0.2) is 0 Å². The van der Waals surface area contributed by atoms with Crippen molar-refractivity contribution >= 4 is 27.6 Å². The highest BCUT2D eigenvalue weighted by Gasteiger charge is 2.24. The van der Waals surface area contributed by atoms with Gasteiger partial charge in [-0.05, 0) is 25.1 Å². The molecule has 0 unspecified atom stereocenters. The average Bonchev–Trinajstić information content (AvgIpc) is 2.28. The molecule has 1 aromatic carbocycles. The van der Waals surface area contributed by atoms with Gasteiger partial charge in [0, 0.05) is 4.47 Å². The standard InChI is InChI=1S/C11H14BrNO4/c1-11(5-14,6-15)13-9-4-7(12)2-3-8(9)10(16)17/h2-4,13-15H,5-6H2,1H3,(H,16,17). The Morgan fingerprint density at radius 1 is 1.41 bits per heavy atom. The average molecular weight is 304 g/mol. The van der Waals surface area contributed by atoms with Crippen molar-refractivity contribution in [2.24, 2.45) is 0 Å². The van der Waals surface area contributed by atoms with Gasteiger partial charge in [-0.15, -0.1) is 0 Å². The first-order valence-electron chi connectivity index (χ1n) is 4.94. The first kappa shape index (κ1) is 14.0. The highest BCUT2D eigenvalue weighted by Crippen LogP contribution is 2.24. The number of hydrogen-bond donors (Lipinski definition) is 4. The van der Waals surface area contributed by atoms with Crippen LogP contribution in [-0.2, 0) is 0 Å². The molecule has 5 nitrogen and oxygen atoms in total. The Hall–Kier alpha value is -1.11. The number of halogens is 1. The second-order valence-corrected chi connectivity index (χ2v) is 4.91. The van der Waals surface area contributed by atoms with Crippen LogP contribution in [-0.4, -0.2) is 40.0 Å². The molecule has 94 valence electrons. The van der Waals surface area contributed by atoms with Crippen LogP contribution in [0.2, 0.25) is 0 Å². The first-order valence-corrected chi connectivity index (χ1v) is 5.74. The van der Waals surface area contributed by atoms with Gasteiger partial charge in [-0.1, -0.05) is 15.9 Å². The van der Waals surface area contributed by atoms with Crippen molar-refractivity contribution in [1.29, 1.82) is 0 Å². The number of aliphatic hydroxyl groups is 2. The summed E-state index contributed by atoms with van der Waals surface area (Å²) in [5.74, 6) is -1.07. The fourth-order valence-corrected chi connectivity index (χ4v) is 1.62. The van der Waals surface area contributed by atoms with Crippen LogP contribution in [0.1, 0.15) is 17.3 Å². The van der Waals surface area contributed by atoms with E-state index in [0.717, 1.165) is 0 Å². The minimum Gasteiger partial charge on any atom is -0.478 e. The molecule has 0 spiro atoms. The van der Waals surface area contributed by atoms with Gasteiger partial charge in [-0.25, -0.2) is 4.79 Å². The summed E-state index contributed by atoms with van der Waals surface area (Å²) in [5.41, 5.74) is -0.538. The van der Waals surface area contributed by atoms with Crippen molar-refractivity contribution in [3.05, 3.63) is 28.2 Å². The lowest BCUT2D eigenvalue weighted by atomic mass is 10.0. The molecular formula is C11H14BrNO4. The van der Waals surface area contributed by atoms with E-state index >= 15 is 0 Å². The van der Waals surface area contributed by atoms with Gasteiger partial charge in [0.05, 0.1) is 30.0 Å². The summed E-state index contributed by atoms with van der Waals surface area (Å²) in [6, 6.07) is 4.65. The van der Waals surface area contributed by atoms with Gasteiger partial charge in [0.1, 0.15) is 0 Å². The maximum absolute atomic E-state index is 11.0. The monoisotopic (exact) mass is 303 g/mol. The van der Waals surface area contributed by atoms with E-state index in [4.69, 9.17) is 15.3 Å². The number of rotatable bonds is 5. The van der Waals surface area contributed by atoms with E-state index < -0.39 is 11.5 Å². The summed E-state index contributed by atoms with van der Waals surface area (Å²) in [6.45, 7) is 0.976. The molecule has 0 aromatic heterocycles. The molecule has 0 saturated carbocycles. The van der Waals surface area contributed by atoms with Gasteiger partial charge < -0.3 is 20.6 Å². The fraction of sp³-hybridized carbons (Fsp3) is 0.364. The molecule has 0 aliphatic rings. The van der Waals surface area contributed by atoms with Crippen LogP contribution in [0.15, 0.2) is 22.7 Å². The molecule has 0 aliphatic carbocycles. The maximum Gasteiger partial charge on any atom is 0.337 e. The van der Waals surface area contributed by atoms with Gasteiger partial charge in [-0.3, -0.25) is 0 Å². The predicted molar refractivity (Wildman–Crippen MR) is 67.3 cm³/mol. The maximum atomic E-state index is 11.0. The highest BCUT2D eigenvalue weighted by atomic mass is 79.9.